The molecule has 3 heteroatoms. The van der Waals surface area contributed by atoms with Gasteiger partial charge in [0.2, 0.25) is 0 Å². The Hall–Kier alpha value is -0.590. The third-order valence-electron chi connectivity index (χ3n) is 0.362. The lowest BCUT2D eigenvalue weighted by atomic mass is 10.4. The normalized spacial score (nSPS) is 5.60. The summed E-state index contributed by atoms with van der Waals surface area (Å²) in [4.78, 5) is 0. The number of hydrogen-bond acceptors (Lipinski definition) is 3. The van der Waals surface area contributed by atoms with E-state index in [1.807, 2.05) is 26.8 Å². The van der Waals surface area contributed by atoms with Gasteiger partial charge < -0.3 is 0 Å². The van der Waals surface area contributed by atoms with Crippen molar-refractivity contribution < 1.29 is 0 Å². The second-order valence-corrected chi connectivity index (χ2v) is 1.20. The number of nitriles is 1. The molecule has 3 nitrogen and oxygen atoms in total. The minimum Gasteiger partial charge on any atom is -0.272 e. The lowest BCUT2D eigenvalue weighted by Gasteiger charge is -1.65. The molecule has 0 fully saturated rings. The van der Waals surface area contributed by atoms with Crippen LogP contribution in [0.4, 0.5) is 0 Å². The molecule has 0 aliphatic heterocycles. The highest BCUT2D eigenvalue weighted by Crippen LogP contribution is 1.77. The average molecular weight is 145 g/mol. The summed E-state index contributed by atoms with van der Waals surface area (Å²) in [5.41, 5.74) is 2.25. The lowest BCUT2D eigenvalue weighted by molar-refractivity contribution is 0.900. The zero-order valence-electron chi connectivity index (χ0n) is 7.44. The van der Waals surface area contributed by atoms with E-state index >= 15 is 0 Å². The van der Waals surface area contributed by atoms with Gasteiger partial charge in [-0.1, -0.05) is 20.8 Å². The number of unbranched alkanes of at least 4 members (excludes halogenated alkanes) is 1. The molecule has 0 saturated heterocycles. The van der Waals surface area contributed by atoms with Crippen molar-refractivity contribution in [1.29, 1.82) is 5.26 Å². The topological polar surface area (TPSA) is 61.8 Å². The van der Waals surface area contributed by atoms with Crippen LogP contribution < -0.4 is 11.3 Å². The first-order valence-electron chi connectivity index (χ1n) is 3.57. The molecular formula is C7H19N3. The van der Waals surface area contributed by atoms with Crippen molar-refractivity contribution in [2.45, 2.75) is 33.6 Å². The summed E-state index contributed by atoms with van der Waals surface area (Å²) in [5.74, 6) is 4.60. The van der Waals surface area contributed by atoms with E-state index in [9.17, 15) is 0 Å². The summed E-state index contributed by atoms with van der Waals surface area (Å²) in [6, 6.07) is 2.02. The molecule has 3 N–H and O–H groups in total. The molecular weight excluding hydrogens is 126 g/mol. The molecule has 62 valence electrons. The molecule has 0 aromatic rings. The Morgan fingerprint density at radius 2 is 1.80 bits per heavy atom. The van der Waals surface area contributed by atoms with E-state index in [1.54, 1.807) is 7.05 Å². The number of hydrogen-bond donors (Lipinski definition) is 2. The van der Waals surface area contributed by atoms with E-state index in [0.29, 0.717) is 6.42 Å². The van der Waals surface area contributed by atoms with Gasteiger partial charge in [0.25, 0.3) is 0 Å². The Bertz CT molecular complexity index is 56.4. The van der Waals surface area contributed by atoms with Gasteiger partial charge in [-0.2, -0.15) is 5.26 Å². The molecule has 0 heterocycles. The first-order valence-corrected chi connectivity index (χ1v) is 3.57. The lowest BCUT2D eigenvalue weighted by Crippen LogP contribution is -2.13. The van der Waals surface area contributed by atoms with E-state index in [0.717, 1.165) is 6.42 Å². The summed E-state index contributed by atoms with van der Waals surface area (Å²) in [7, 11) is 1.65. The molecule has 0 aliphatic rings. The van der Waals surface area contributed by atoms with Crippen LogP contribution >= 0.6 is 0 Å². The minimum absolute atomic E-state index is 0.694. The molecule has 0 rings (SSSR count). The highest BCUT2D eigenvalue weighted by molar-refractivity contribution is 4.65. The molecule has 0 unspecified atom stereocenters. The second-order valence-electron chi connectivity index (χ2n) is 1.20. The first-order chi connectivity index (χ1) is 4.83. The predicted octanol–water partition coefficient (Wildman–Crippen LogP) is 1.42. The van der Waals surface area contributed by atoms with Gasteiger partial charge in [-0.15, -0.1) is 0 Å². The van der Waals surface area contributed by atoms with E-state index in [2.05, 4.69) is 11.3 Å². The van der Waals surface area contributed by atoms with Crippen LogP contribution in [0.5, 0.6) is 0 Å². The summed E-state index contributed by atoms with van der Waals surface area (Å²) < 4.78 is 0. The quantitative estimate of drug-likeness (QED) is 0.433. The van der Waals surface area contributed by atoms with Crippen LogP contribution in [0.2, 0.25) is 0 Å². The van der Waals surface area contributed by atoms with Crippen LogP contribution in [0.25, 0.3) is 0 Å². The summed E-state index contributed by atoms with van der Waals surface area (Å²) in [5, 5.41) is 7.82. The van der Waals surface area contributed by atoms with Crippen LogP contribution in [-0.4, -0.2) is 7.05 Å². The van der Waals surface area contributed by atoms with Crippen molar-refractivity contribution in [3.05, 3.63) is 0 Å². The van der Waals surface area contributed by atoms with Gasteiger partial charge in [-0.05, 0) is 13.5 Å². The van der Waals surface area contributed by atoms with E-state index in [4.69, 9.17) is 5.26 Å². The highest BCUT2D eigenvalue weighted by atomic mass is 15.2. The van der Waals surface area contributed by atoms with Gasteiger partial charge in [-0.25, -0.2) is 0 Å². The second kappa shape index (κ2) is 39.7. The first kappa shape index (κ1) is 16.2. The molecule has 0 atom stereocenters. The number of nitrogens with zero attached hydrogens (tertiary/aromatic N) is 1. The Kier molecular flexibility index (Phi) is 64.3. The molecule has 0 amide bonds. The maximum atomic E-state index is 7.82. The molecule has 0 aliphatic carbocycles. The third kappa shape index (κ3) is 153. The summed E-state index contributed by atoms with van der Waals surface area (Å²) >= 11 is 0. The SMILES string of the molecule is CC.CCCC#N.CNN. The standard InChI is InChI=1S/C4H7N.C2H6.CH6N2/c1-2-3-4-5;1-2;1-3-2/h2-3H2,1H3;1-2H3;3H,2H2,1H3. The van der Waals surface area contributed by atoms with Crippen molar-refractivity contribution >= 4 is 0 Å². The maximum absolute atomic E-state index is 7.82. The van der Waals surface area contributed by atoms with Gasteiger partial charge in [-0.3, -0.25) is 11.3 Å². The Balaban J connectivity index is -0.0000000847. The van der Waals surface area contributed by atoms with Crippen molar-refractivity contribution in [1.82, 2.24) is 5.43 Å². The van der Waals surface area contributed by atoms with Gasteiger partial charge >= 0.3 is 0 Å². The van der Waals surface area contributed by atoms with E-state index in [-0.39, 0.29) is 0 Å². The van der Waals surface area contributed by atoms with Crippen molar-refractivity contribution in [2.24, 2.45) is 5.84 Å². The number of nitrogens with two attached hydrogens (primary N) is 1. The Morgan fingerprint density at radius 1 is 1.50 bits per heavy atom. The number of nitrogens with one attached hydrogen (secondary N) is 1. The van der Waals surface area contributed by atoms with Crippen LogP contribution in [0, 0.1) is 11.3 Å². The van der Waals surface area contributed by atoms with Gasteiger partial charge in [0, 0.05) is 6.42 Å². The highest BCUT2D eigenvalue weighted by Gasteiger charge is 1.65. The van der Waals surface area contributed by atoms with Crippen LogP contribution in [-0.2, 0) is 0 Å². The fourth-order valence-corrected chi connectivity index (χ4v) is 0.112. The third-order valence-corrected chi connectivity index (χ3v) is 0.362. The van der Waals surface area contributed by atoms with Gasteiger partial charge in [0.15, 0.2) is 0 Å². The number of rotatable bonds is 1. The molecule has 0 aromatic carbocycles. The van der Waals surface area contributed by atoms with Crippen molar-refractivity contribution in [3.63, 3.8) is 0 Å². The Morgan fingerprint density at radius 3 is 1.80 bits per heavy atom. The van der Waals surface area contributed by atoms with E-state index < -0.39 is 0 Å². The van der Waals surface area contributed by atoms with Crippen LogP contribution in [0.15, 0.2) is 0 Å². The van der Waals surface area contributed by atoms with Crippen LogP contribution in [0.1, 0.15) is 33.6 Å². The molecule has 0 radical (unpaired) electrons. The summed E-state index contributed by atoms with van der Waals surface area (Å²) in [6.45, 7) is 5.99. The molecule has 0 saturated carbocycles. The fraction of sp³-hybridized carbons (Fsp3) is 0.857. The van der Waals surface area contributed by atoms with Crippen LogP contribution in [0.3, 0.4) is 0 Å². The average Bonchev–Trinajstić information content (AvgIpc) is 1.96. The van der Waals surface area contributed by atoms with Gasteiger partial charge in [0.05, 0.1) is 6.07 Å². The maximum Gasteiger partial charge on any atom is 0.0621 e. The number of hydrazine groups is 1. The molecule has 0 bridgehead atoms. The van der Waals surface area contributed by atoms with Crippen molar-refractivity contribution in [3.8, 4) is 6.07 Å². The largest absolute Gasteiger partial charge is 0.272 e. The minimum atomic E-state index is 0.694. The molecule has 10 heavy (non-hydrogen) atoms. The van der Waals surface area contributed by atoms with Gasteiger partial charge in [0.1, 0.15) is 0 Å². The summed E-state index contributed by atoms with van der Waals surface area (Å²) in [6.07, 6.45) is 1.68. The van der Waals surface area contributed by atoms with E-state index in [1.165, 1.54) is 0 Å². The zero-order chi connectivity index (χ0) is 8.83. The predicted molar refractivity (Wildman–Crippen MR) is 45.1 cm³/mol. The zero-order valence-corrected chi connectivity index (χ0v) is 7.44. The smallest absolute Gasteiger partial charge is 0.0621 e. The molecule has 0 spiro atoms. The fourth-order valence-electron chi connectivity index (χ4n) is 0.112. The van der Waals surface area contributed by atoms with Crippen molar-refractivity contribution in [2.75, 3.05) is 7.05 Å². The molecule has 0 aromatic heterocycles. The monoisotopic (exact) mass is 145 g/mol. The Labute approximate surface area is 64.2 Å².